The predicted octanol–water partition coefficient (Wildman–Crippen LogP) is 3.51. The molecule has 0 aliphatic rings. The lowest BCUT2D eigenvalue weighted by Crippen LogP contribution is -2.44. The Labute approximate surface area is 120 Å². The normalized spacial score (nSPS) is 14.0. The average molecular weight is 284 g/mol. The van der Waals surface area contributed by atoms with Crippen LogP contribution < -0.4 is 4.90 Å². The van der Waals surface area contributed by atoms with E-state index in [9.17, 15) is 4.79 Å². The lowest BCUT2D eigenvalue weighted by molar-refractivity contribution is -0.117. The zero-order valence-electron chi connectivity index (χ0n) is 12.2. The molecule has 0 saturated heterocycles. The van der Waals surface area contributed by atoms with Gasteiger partial charge in [0.1, 0.15) is 0 Å². The molecule has 1 rings (SSSR count). The molecule has 3 nitrogen and oxygen atoms in total. The molecule has 1 aromatic carbocycles. The molecule has 19 heavy (non-hydrogen) atoms. The molecule has 2 unspecified atom stereocenters. The molecule has 0 N–H and O–H groups in total. The summed E-state index contributed by atoms with van der Waals surface area (Å²) in [6.45, 7) is 7.54. The molecule has 0 fully saturated rings. The van der Waals surface area contributed by atoms with Gasteiger partial charge in [-0.2, -0.15) is 0 Å². The van der Waals surface area contributed by atoms with E-state index < -0.39 is 5.56 Å². The summed E-state index contributed by atoms with van der Waals surface area (Å²) in [7, 11) is 1.55. The van der Waals surface area contributed by atoms with Crippen LogP contribution in [0.2, 0.25) is 0 Å². The lowest BCUT2D eigenvalue weighted by Gasteiger charge is -2.33. The molecular weight excluding hydrogens is 262 g/mol. The van der Waals surface area contributed by atoms with Crippen molar-refractivity contribution in [3.05, 3.63) is 29.3 Å². The summed E-state index contributed by atoms with van der Waals surface area (Å²) in [6, 6.07) is 5.83. The Bertz CT molecular complexity index is 448. The van der Waals surface area contributed by atoms with Crippen LogP contribution in [0.1, 0.15) is 31.9 Å². The molecule has 2 atom stereocenters. The standard InChI is InChI=1S/C15H22ClNO2/c1-6-13-9-7-8-10(2)14(13)17(12(4)18)11(3)15(16)19-5/h7-9,11,15H,6H2,1-5H3. The average Bonchev–Trinajstić information content (AvgIpc) is 2.39. The first kappa shape index (κ1) is 16.0. The number of benzene rings is 1. The van der Waals surface area contributed by atoms with Crippen LogP contribution in [0, 0.1) is 6.92 Å². The van der Waals surface area contributed by atoms with Crippen LogP contribution in [0.3, 0.4) is 0 Å². The van der Waals surface area contributed by atoms with Gasteiger partial charge in [0.15, 0.2) is 5.56 Å². The summed E-state index contributed by atoms with van der Waals surface area (Å²) in [6.07, 6.45) is 0.868. The second kappa shape index (κ2) is 6.92. The summed E-state index contributed by atoms with van der Waals surface area (Å²) in [5.74, 6) is -0.0285. The molecule has 0 spiro atoms. The van der Waals surface area contributed by atoms with E-state index in [2.05, 4.69) is 6.92 Å². The van der Waals surface area contributed by atoms with Crippen molar-refractivity contribution in [3.8, 4) is 0 Å². The lowest BCUT2D eigenvalue weighted by atomic mass is 10.0. The van der Waals surface area contributed by atoms with Crippen LogP contribution in [0.4, 0.5) is 5.69 Å². The third-order valence-electron chi connectivity index (χ3n) is 3.29. The molecule has 0 saturated carbocycles. The number of ether oxygens (including phenoxy) is 1. The predicted molar refractivity (Wildman–Crippen MR) is 79.8 cm³/mol. The van der Waals surface area contributed by atoms with Crippen LogP contribution >= 0.6 is 11.6 Å². The van der Waals surface area contributed by atoms with Gasteiger partial charge in [0, 0.05) is 14.0 Å². The number of alkyl halides is 1. The molecule has 0 bridgehead atoms. The molecule has 0 aliphatic heterocycles. The number of anilines is 1. The molecule has 4 heteroatoms. The number of rotatable bonds is 5. The van der Waals surface area contributed by atoms with Gasteiger partial charge in [-0.25, -0.2) is 0 Å². The number of hydrogen-bond donors (Lipinski definition) is 0. The van der Waals surface area contributed by atoms with Crippen molar-refractivity contribution in [2.24, 2.45) is 0 Å². The van der Waals surface area contributed by atoms with Gasteiger partial charge in [-0.05, 0) is 31.4 Å². The monoisotopic (exact) mass is 283 g/mol. The number of hydrogen-bond acceptors (Lipinski definition) is 2. The van der Waals surface area contributed by atoms with E-state index in [0.29, 0.717) is 0 Å². The third kappa shape index (κ3) is 3.48. The molecule has 0 aromatic heterocycles. The minimum absolute atomic E-state index is 0.0285. The Morgan fingerprint density at radius 2 is 2.11 bits per heavy atom. The van der Waals surface area contributed by atoms with Crippen molar-refractivity contribution >= 4 is 23.2 Å². The number of para-hydroxylation sites is 1. The summed E-state index contributed by atoms with van der Waals surface area (Å²) < 4.78 is 5.15. The van der Waals surface area contributed by atoms with E-state index in [1.807, 2.05) is 32.0 Å². The minimum Gasteiger partial charge on any atom is -0.364 e. The summed E-state index contributed by atoms with van der Waals surface area (Å²) in [5.41, 5.74) is 2.63. The van der Waals surface area contributed by atoms with E-state index in [4.69, 9.17) is 16.3 Å². The maximum Gasteiger partial charge on any atom is 0.224 e. The first-order valence-electron chi connectivity index (χ1n) is 6.49. The van der Waals surface area contributed by atoms with Crippen molar-refractivity contribution in [1.82, 2.24) is 0 Å². The number of methoxy groups -OCH3 is 1. The fourth-order valence-corrected chi connectivity index (χ4v) is 2.42. The fraction of sp³-hybridized carbons (Fsp3) is 0.533. The van der Waals surface area contributed by atoms with Crippen LogP contribution in [0.5, 0.6) is 0 Å². The Hall–Kier alpha value is -1.06. The highest BCUT2D eigenvalue weighted by Crippen LogP contribution is 2.29. The van der Waals surface area contributed by atoms with Gasteiger partial charge in [-0.3, -0.25) is 4.79 Å². The highest BCUT2D eigenvalue weighted by molar-refractivity contribution is 6.20. The number of aryl methyl sites for hydroxylation is 2. The largest absolute Gasteiger partial charge is 0.364 e. The highest BCUT2D eigenvalue weighted by Gasteiger charge is 2.27. The second-order valence-corrected chi connectivity index (χ2v) is 5.08. The minimum atomic E-state index is -0.534. The van der Waals surface area contributed by atoms with Gasteiger partial charge in [-0.15, -0.1) is 0 Å². The highest BCUT2D eigenvalue weighted by atomic mass is 35.5. The van der Waals surface area contributed by atoms with Gasteiger partial charge in [0.05, 0.1) is 11.7 Å². The first-order chi connectivity index (χ1) is 8.93. The van der Waals surface area contributed by atoms with Crippen molar-refractivity contribution in [2.75, 3.05) is 12.0 Å². The van der Waals surface area contributed by atoms with Gasteiger partial charge < -0.3 is 9.64 Å². The Morgan fingerprint density at radius 3 is 2.58 bits per heavy atom. The molecule has 106 valence electrons. The van der Waals surface area contributed by atoms with E-state index in [0.717, 1.165) is 23.2 Å². The SMILES string of the molecule is CCc1cccc(C)c1N(C(C)=O)C(C)C(Cl)OC. The van der Waals surface area contributed by atoms with Crippen molar-refractivity contribution < 1.29 is 9.53 Å². The van der Waals surface area contributed by atoms with E-state index in [-0.39, 0.29) is 11.9 Å². The van der Waals surface area contributed by atoms with E-state index >= 15 is 0 Å². The number of nitrogens with zero attached hydrogens (tertiary/aromatic N) is 1. The van der Waals surface area contributed by atoms with Crippen molar-refractivity contribution in [3.63, 3.8) is 0 Å². The van der Waals surface area contributed by atoms with E-state index in [1.54, 1.807) is 18.9 Å². The van der Waals surface area contributed by atoms with Crippen LogP contribution in [0.25, 0.3) is 0 Å². The molecule has 0 aliphatic carbocycles. The van der Waals surface area contributed by atoms with Crippen molar-refractivity contribution in [1.29, 1.82) is 0 Å². The first-order valence-corrected chi connectivity index (χ1v) is 6.92. The van der Waals surface area contributed by atoms with Gasteiger partial charge in [0.2, 0.25) is 5.91 Å². The smallest absolute Gasteiger partial charge is 0.224 e. The van der Waals surface area contributed by atoms with Gasteiger partial charge in [-0.1, -0.05) is 36.7 Å². The summed E-state index contributed by atoms with van der Waals surface area (Å²) in [4.78, 5) is 13.8. The quantitative estimate of drug-likeness (QED) is 0.774. The Balaban J connectivity index is 3.31. The van der Waals surface area contributed by atoms with Gasteiger partial charge >= 0.3 is 0 Å². The topological polar surface area (TPSA) is 29.5 Å². The Morgan fingerprint density at radius 1 is 1.47 bits per heavy atom. The molecule has 1 aromatic rings. The molecule has 1 amide bonds. The van der Waals surface area contributed by atoms with Crippen molar-refractivity contribution in [2.45, 2.75) is 45.7 Å². The second-order valence-electron chi connectivity index (χ2n) is 4.65. The fourth-order valence-electron chi connectivity index (χ4n) is 2.31. The summed E-state index contributed by atoms with van der Waals surface area (Å²) >= 11 is 6.14. The molecular formula is C15H22ClNO2. The van der Waals surface area contributed by atoms with Crippen LogP contribution in [0.15, 0.2) is 18.2 Å². The maximum atomic E-state index is 12.0. The third-order valence-corrected chi connectivity index (χ3v) is 3.84. The molecule has 0 radical (unpaired) electrons. The maximum absolute atomic E-state index is 12.0. The zero-order chi connectivity index (χ0) is 14.6. The van der Waals surface area contributed by atoms with Crippen LogP contribution in [-0.4, -0.2) is 24.6 Å². The van der Waals surface area contributed by atoms with Gasteiger partial charge in [0.25, 0.3) is 0 Å². The number of carbonyl (C=O) groups is 1. The number of amides is 1. The van der Waals surface area contributed by atoms with Crippen LogP contribution in [-0.2, 0) is 16.0 Å². The zero-order valence-corrected chi connectivity index (χ0v) is 13.0. The molecule has 0 heterocycles. The Kier molecular flexibility index (Phi) is 5.83. The number of halogens is 1. The summed E-state index contributed by atoms with van der Waals surface area (Å²) in [5, 5.41) is 0. The number of carbonyl (C=O) groups excluding carboxylic acids is 1. The van der Waals surface area contributed by atoms with E-state index in [1.165, 1.54) is 0 Å².